The van der Waals surface area contributed by atoms with Crippen LogP contribution in [0.4, 0.5) is 10.5 Å². The quantitative estimate of drug-likeness (QED) is 0.671. The first-order valence-electron chi connectivity index (χ1n) is 5.70. The van der Waals surface area contributed by atoms with Gasteiger partial charge in [0.1, 0.15) is 0 Å². The van der Waals surface area contributed by atoms with Gasteiger partial charge in [-0.25, -0.2) is 10.2 Å². The van der Waals surface area contributed by atoms with Crippen molar-refractivity contribution >= 4 is 17.6 Å². The number of nitrogens with one attached hydrogen (secondary N) is 3. The number of urea groups is 1. The lowest BCUT2D eigenvalue weighted by Crippen LogP contribution is -2.48. The zero-order valence-corrected chi connectivity index (χ0v) is 11.1. The standard InChI is InChI=1S/C13H16N4O2/c1-13(2,3)11(18)16-17-12(19)15-10-6-4-5-9(7-10)8-14/h4-7H,1-3H3,(H,16,18)(H2,15,17,19). The van der Waals surface area contributed by atoms with Crippen LogP contribution in [0, 0.1) is 16.7 Å². The lowest BCUT2D eigenvalue weighted by molar-refractivity contribution is -0.129. The molecular formula is C13H16N4O2. The van der Waals surface area contributed by atoms with Gasteiger partial charge in [0, 0.05) is 11.1 Å². The molecule has 0 aliphatic heterocycles. The maximum Gasteiger partial charge on any atom is 0.337 e. The zero-order chi connectivity index (χ0) is 14.5. The van der Waals surface area contributed by atoms with Gasteiger partial charge in [0.05, 0.1) is 11.6 Å². The average Bonchev–Trinajstić information content (AvgIpc) is 2.35. The third-order valence-corrected chi connectivity index (χ3v) is 2.22. The first kappa shape index (κ1) is 14.5. The molecule has 1 aromatic rings. The summed E-state index contributed by atoms with van der Waals surface area (Å²) in [6.07, 6.45) is 0. The van der Waals surface area contributed by atoms with Crippen molar-refractivity contribution in [2.45, 2.75) is 20.8 Å². The number of nitrogens with zero attached hydrogens (tertiary/aromatic N) is 1. The first-order chi connectivity index (χ1) is 8.82. The van der Waals surface area contributed by atoms with Crippen molar-refractivity contribution in [1.29, 1.82) is 5.26 Å². The molecular weight excluding hydrogens is 244 g/mol. The zero-order valence-electron chi connectivity index (χ0n) is 11.1. The summed E-state index contributed by atoms with van der Waals surface area (Å²) in [5.74, 6) is -0.298. The van der Waals surface area contributed by atoms with Crippen molar-refractivity contribution in [3.05, 3.63) is 29.8 Å². The number of hydrogen-bond donors (Lipinski definition) is 3. The second kappa shape index (κ2) is 5.87. The summed E-state index contributed by atoms with van der Waals surface area (Å²) in [4.78, 5) is 23.0. The molecule has 0 atom stereocenters. The second-order valence-corrected chi connectivity index (χ2v) is 4.98. The van der Waals surface area contributed by atoms with E-state index >= 15 is 0 Å². The van der Waals surface area contributed by atoms with E-state index < -0.39 is 11.4 Å². The molecule has 3 N–H and O–H groups in total. The highest BCUT2D eigenvalue weighted by Gasteiger charge is 2.21. The lowest BCUT2D eigenvalue weighted by atomic mass is 9.96. The third kappa shape index (κ3) is 4.68. The molecule has 100 valence electrons. The summed E-state index contributed by atoms with van der Waals surface area (Å²) in [7, 11) is 0. The molecule has 0 spiro atoms. The first-order valence-corrected chi connectivity index (χ1v) is 5.70. The molecule has 6 nitrogen and oxygen atoms in total. The Morgan fingerprint density at radius 3 is 2.47 bits per heavy atom. The molecule has 0 radical (unpaired) electrons. The van der Waals surface area contributed by atoms with Crippen LogP contribution >= 0.6 is 0 Å². The molecule has 0 saturated carbocycles. The largest absolute Gasteiger partial charge is 0.337 e. The summed E-state index contributed by atoms with van der Waals surface area (Å²) in [5, 5.41) is 11.2. The number of rotatable bonds is 1. The molecule has 0 fully saturated rings. The Morgan fingerprint density at radius 2 is 1.89 bits per heavy atom. The van der Waals surface area contributed by atoms with Crippen LogP contribution < -0.4 is 16.2 Å². The van der Waals surface area contributed by atoms with Crippen LogP contribution in [0.15, 0.2) is 24.3 Å². The summed E-state index contributed by atoms with van der Waals surface area (Å²) < 4.78 is 0. The minimum Gasteiger partial charge on any atom is -0.307 e. The van der Waals surface area contributed by atoms with Gasteiger partial charge in [-0.15, -0.1) is 0 Å². The van der Waals surface area contributed by atoms with Gasteiger partial charge in [-0.1, -0.05) is 26.8 Å². The number of carbonyl (C=O) groups is 2. The maximum absolute atomic E-state index is 11.5. The predicted octanol–water partition coefficient (Wildman–Crippen LogP) is 1.76. The Kier molecular flexibility index (Phi) is 4.48. The summed E-state index contributed by atoms with van der Waals surface area (Å²) in [6.45, 7) is 5.20. The van der Waals surface area contributed by atoms with E-state index in [1.165, 1.54) is 6.07 Å². The van der Waals surface area contributed by atoms with E-state index in [9.17, 15) is 9.59 Å². The van der Waals surface area contributed by atoms with Crippen LogP contribution in [0.5, 0.6) is 0 Å². The van der Waals surface area contributed by atoms with Crippen LogP contribution in [-0.4, -0.2) is 11.9 Å². The van der Waals surface area contributed by atoms with Crippen molar-refractivity contribution < 1.29 is 9.59 Å². The normalized spacial score (nSPS) is 10.2. The Morgan fingerprint density at radius 1 is 1.21 bits per heavy atom. The molecule has 3 amide bonds. The summed E-state index contributed by atoms with van der Waals surface area (Å²) >= 11 is 0. The van der Waals surface area contributed by atoms with E-state index in [0.29, 0.717) is 11.3 Å². The Labute approximate surface area is 111 Å². The highest BCUT2D eigenvalue weighted by molar-refractivity contribution is 5.91. The van der Waals surface area contributed by atoms with Crippen molar-refractivity contribution in [2.75, 3.05) is 5.32 Å². The molecule has 0 unspecified atom stereocenters. The van der Waals surface area contributed by atoms with Crippen LogP contribution in [0.25, 0.3) is 0 Å². The highest BCUT2D eigenvalue weighted by Crippen LogP contribution is 2.12. The van der Waals surface area contributed by atoms with Gasteiger partial charge in [0.2, 0.25) is 5.91 Å². The minimum absolute atomic E-state index is 0.298. The van der Waals surface area contributed by atoms with Crippen LogP contribution in [0.1, 0.15) is 26.3 Å². The molecule has 0 aliphatic carbocycles. The SMILES string of the molecule is CC(C)(C)C(=O)NNC(=O)Nc1cccc(C#N)c1. The van der Waals surface area contributed by atoms with E-state index in [1.54, 1.807) is 39.0 Å². The van der Waals surface area contributed by atoms with Gasteiger partial charge < -0.3 is 5.32 Å². The van der Waals surface area contributed by atoms with Crippen molar-refractivity contribution in [3.63, 3.8) is 0 Å². The second-order valence-electron chi connectivity index (χ2n) is 4.98. The number of anilines is 1. The van der Waals surface area contributed by atoms with E-state index in [-0.39, 0.29) is 5.91 Å². The molecule has 1 rings (SSSR count). The van der Waals surface area contributed by atoms with Gasteiger partial charge in [0.25, 0.3) is 0 Å². The number of benzene rings is 1. The molecule has 0 bridgehead atoms. The van der Waals surface area contributed by atoms with Crippen molar-refractivity contribution in [1.82, 2.24) is 10.9 Å². The maximum atomic E-state index is 11.5. The molecule has 19 heavy (non-hydrogen) atoms. The van der Waals surface area contributed by atoms with Gasteiger partial charge in [-0.3, -0.25) is 10.2 Å². The van der Waals surface area contributed by atoms with Crippen molar-refractivity contribution in [2.24, 2.45) is 5.41 Å². The number of amides is 3. The van der Waals surface area contributed by atoms with Crippen LogP contribution in [-0.2, 0) is 4.79 Å². The van der Waals surface area contributed by atoms with Crippen LogP contribution in [0.2, 0.25) is 0 Å². The van der Waals surface area contributed by atoms with E-state index in [4.69, 9.17) is 5.26 Å². The molecule has 0 saturated heterocycles. The van der Waals surface area contributed by atoms with E-state index in [2.05, 4.69) is 16.2 Å². The monoisotopic (exact) mass is 260 g/mol. The third-order valence-electron chi connectivity index (χ3n) is 2.22. The Balaban J connectivity index is 2.52. The van der Waals surface area contributed by atoms with Gasteiger partial charge in [0.15, 0.2) is 0 Å². The molecule has 0 aromatic heterocycles. The number of nitriles is 1. The van der Waals surface area contributed by atoms with Gasteiger partial charge >= 0.3 is 6.03 Å². The van der Waals surface area contributed by atoms with E-state index in [1.807, 2.05) is 6.07 Å². The number of hydrazine groups is 1. The smallest absolute Gasteiger partial charge is 0.307 e. The molecule has 0 heterocycles. The van der Waals surface area contributed by atoms with Gasteiger partial charge in [-0.2, -0.15) is 5.26 Å². The summed E-state index contributed by atoms with van der Waals surface area (Å²) in [6, 6.07) is 7.85. The lowest BCUT2D eigenvalue weighted by Gasteiger charge is -2.18. The predicted molar refractivity (Wildman–Crippen MR) is 70.9 cm³/mol. The van der Waals surface area contributed by atoms with Crippen LogP contribution in [0.3, 0.4) is 0 Å². The topological polar surface area (TPSA) is 94.0 Å². The van der Waals surface area contributed by atoms with Crippen molar-refractivity contribution in [3.8, 4) is 6.07 Å². The Bertz CT molecular complexity index is 526. The van der Waals surface area contributed by atoms with E-state index in [0.717, 1.165) is 0 Å². The molecule has 0 aliphatic rings. The fourth-order valence-electron chi connectivity index (χ4n) is 1.13. The average molecular weight is 260 g/mol. The number of hydrogen-bond acceptors (Lipinski definition) is 3. The molecule has 6 heteroatoms. The summed E-state index contributed by atoms with van der Waals surface area (Å²) in [5.41, 5.74) is 4.87. The van der Waals surface area contributed by atoms with Gasteiger partial charge in [-0.05, 0) is 18.2 Å². The fourth-order valence-corrected chi connectivity index (χ4v) is 1.13. The fraction of sp³-hybridized carbons (Fsp3) is 0.308. The highest BCUT2D eigenvalue weighted by atomic mass is 16.2. The Hall–Kier alpha value is -2.55. The minimum atomic E-state index is -0.589. The number of carbonyl (C=O) groups excluding carboxylic acids is 2. The molecule has 1 aromatic carbocycles.